The number of aryl methyl sites for hydroxylation is 3. The van der Waals surface area contributed by atoms with Gasteiger partial charge in [-0.05, 0) is 105 Å². The van der Waals surface area contributed by atoms with Crippen LogP contribution in [-0.4, -0.2) is 20.6 Å². The molecule has 206 valence electrons. The minimum atomic E-state index is -0.180. The Kier molecular flexibility index (Phi) is 7.71. The molecule has 6 nitrogen and oxygen atoms in total. The van der Waals surface area contributed by atoms with E-state index in [1.54, 1.807) is 0 Å². The lowest BCUT2D eigenvalue weighted by Crippen LogP contribution is -2.29. The van der Waals surface area contributed by atoms with Crippen LogP contribution in [0, 0.1) is 33.6 Å². The van der Waals surface area contributed by atoms with E-state index in [0.717, 1.165) is 34.0 Å². The molecule has 1 aliphatic rings. The summed E-state index contributed by atoms with van der Waals surface area (Å²) in [5.41, 5.74) is 9.32. The average molecular weight is 572 g/mol. The van der Waals surface area contributed by atoms with Crippen molar-refractivity contribution in [2.45, 2.75) is 53.6 Å². The predicted molar refractivity (Wildman–Crippen MR) is 168 cm³/mol. The Bertz CT molecular complexity index is 1580. The van der Waals surface area contributed by atoms with Crippen molar-refractivity contribution in [3.63, 3.8) is 0 Å². The largest absolute Gasteiger partial charge is 0.351 e. The molecule has 0 radical (unpaired) electrons. The second-order valence-corrected chi connectivity index (χ2v) is 11.6. The molecule has 40 heavy (non-hydrogen) atoms. The van der Waals surface area contributed by atoms with E-state index in [2.05, 4.69) is 72.1 Å². The molecule has 0 bridgehead atoms. The Morgan fingerprint density at radius 1 is 1.00 bits per heavy atom. The second-order valence-electron chi connectivity index (χ2n) is 10.8. The van der Waals surface area contributed by atoms with Gasteiger partial charge >= 0.3 is 0 Å². The summed E-state index contributed by atoms with van der Waals surface area (Å²) in [4.78, 5) is 19.1. The van der Waals surface area contributed by atoms with Crippen LogP contribution in [0.25, 0.3) is 5.69 Å². The molecule has 1 amide bonds. The highest BCUT2D eigenvalue weighted by Crippen LogP contribution is 2.44. The summed E-state index contributed by atoms with van der Waals surface area (Å²) in [5.74, 6) is -0.234. The zero-order chi connectivity index (χ0) is 28.7. The van der Waals surface area contributed by atoms with Gasteiger partial charge in [0.15, 0.2) is 5.11 Å². The zero-order valence-electron chi connectivity index (χ0n) is 23.6. The Labute approximate surface area is 246 Å². The lowest BCUT2D eigenvalue weighted by molar-refractivity contribution is -0.118. The van der Waals surface area contributed by atoms with E-state index >= 15 is 0 Å². The summed E-state index contributed by atoms with van der Waals surface area (Å²) in [6.45, 7) is 12.2. The van der Waals surface area contributed by atoms with Crippen molar-refractivity contribution in [3.05, 3.63) is 106 Å². The number of carbonyl (C=O) groups excluding carboxylic acids is 1. The van der Waals surface area contributed by atoms with Gasteiger partial charge in [0.2, 0.25) is 5.91 Å². The van der Waals surface area contributed by atoms with Crippen molar-refractivity contribution in [2.24, 2.45) is 5.92 Å². The quantitative estimate of drug-likeness (QED) is 0.234. The normalized spacial score (nSPS) is 16.9. The van der Waals surface area contributed by atoms with Gasteiger partial charge in [-0.1, -0.05) is 37.6 Å². The van der Waals surface area contributed by atoms with Crippen molar-refractivity contribution >= 4 is 46.2 Å². The predicted octanol–water partition coefficient (Wildman–Crippen LogP) is 7.53. The first-order chi connectivity index (χ1) is 19.0. The maximum absolute atomic E-state index is 12.3. The number of aromatic nitrogens is 2. The summed E-state index contributed by atoms with van der Waals surface area (Å²) < 4.78 is 2.31. The third kappa shape index (κ3) is 5.23. The van der Waals surface area contributed by atoms with Crippen molar-refractivity contribution < 1.29 is 4.79 Å². The Balaban J connectivity index is 1.63. The molecule has 4 aromatic rings. The van der Waals surface area contributed by atoms with Crippen LogP contribution in [0.5, 0.6) is 0 Å². The molecule has 0 spiro atoms. The number of benzene rings is 2. The van der Waals surface area contributed by atoms with Crippen molar-refractivity contribution in [3.8, 4) is 5.69 Å². The maximum Gasteiger partial charge on any atom is 0.226 e. The number of amides is 1. The van der Waals surface area contributed by atoms with Crippen LogP contribution in [0.2, 0.25) is 5.02 Å². The van der Waals surface area contributed by atoms with Gasteiger partial charge in [0, 0.05) is 34.9 Å². The molecule has 2 N–H and O–H groups in total. The van der Waals surface area contributed by atoms with Crippen LogP contribution in [0.3, 0.4) is 0 Å². The van der Waals surface area contributed by atoms with E-state index in [1.807, 2.05) is 56.4 Å². The third-order valence-corrected chi connectivity index (χ3v) is 7.99. The fraction of sp³-hybridized carbons (Fsp3) is 0.281. The first-order valence-electron chi connectivity index (χ1n) is 13.4. The Morgan fingerprint density at radius 2 is 1.73 bits per heavy atom. The number of rotatable bonds is 6. The number of pyridine rings is 1. The highest BCUT2D eigenvalue weighted by atomic mass is 35.5. The number of hydrogen-bond acceptors (Lipinski definition) is 3. The summed E-state index contributed by atoms with van der Waals surface area (Å²) in [7, 11) is 0. The number of thiocarbonyl (C=S) groups is 1. The van der Waals surface area contributed by atoms with Crippen LogP contribution in [0.15, 0.2) is 66.9 Å². The van der Waals surface area contributed by atoms with Crippen LogP contribution >= 0.6 is 23.8 Å². The van der Waals surface area contributed by atoms with E-state index in [1.165, 1.54) is 11.1 Å². The minimum absolute atomic E-state index is 0.0834. The van der Waals surface area contributed by atoms with Crippen molar-refractivity contribution in [1.29, 1.82) is 0 Å². The molecule has 2 aromatic heterocycles. The number of nitrogens with zero attached hydrogens (tertiary/aromatic N) is 3. The van der Waals surface area contributed by atoms with Crippen LogP contribution in [0.4, 0.5) is 11.4 Å². The molecule has 5 rings (SSSR count). The summed E-state index contributed by atoms with van der Waals surface area (Å²) >= 11 is 12.6. The highest BCUT2D eigenvalue weighted by molar-refractivity contribution is 7.80. The number of anilines is 2. The Hall–Kier alpha value is -3.68. The van der Waals surface area contributed by atoms with Gasteiger partial charge in [0.05, 0.1) is 28.5 Å². The van der Waals surface area contributed by atoms with E-state index in [-0.39, 0.29) is 23.9 Å². The fourth-order valence-corrected chi connectivity index (χ4v) is 6.11. The third-order valence-electron chi connectivity index (χ3n) is 7.36. The lowest BCUT2D eigenvalue weighted by Gasteiger charge is -2.28. The minimum Gasteiger partial charge on any atom is -0.351 e. The van der Waals surface area contributed by atoms with Gasteiger partial charge in [-0.15, -0.1) is 0 Å². The maximum atomic E-state index is 12.3. The topological polar surface area (TPSA) is 62.2 Å². The SMILES string of the molecule is Cc1cc(C)cc(-n2c(C)cc([C@H]3[C@@H](c4ccccn4)NC(=S)N3c3ccc(NC(=O)C(C)C)c(Cl)c3)c2C)c1. The molecule has 0 aliphatic carbocycles. The van der Waals surface area contributed by atoms with Crippen molar-refractivity contribution in [1.82, 2.24) is 14.9 Å². The standard InChI is InChI=1S/C32H34ClN5OS/c1-18(2)31(39)35-27-11-10-23(17-26(27)33)38-30(29(36-32(38)40)28-9-7-8-12-34-28)25-16-21(5)37(22(25)6)24-14-19(3)13-20(4)15-24/h7-18,29-30H,1-6H3,(H,35,39)(H,36,40)/t29-,30+/m1/s1. The lowest BCUT2D eigenvalue weighted by atomic mass is 9.96. The van der Waals surface area contributed by atoms with E-state index < -0.39 is 0 Å². The molecular formula is C32H34ClN5OS. The van der Waals surface area contributed by atoms with Crippen LogP contribution < -0.4 is 15.5 Å². The van der Waals surface area contributed by atoms with Gasteiger partial charge in [-0.3, -0.25) is 9.78 Å². The number of halogens is 1. The molecule has 1 aliphatic heterocycles. The molecular weight excluding hydrogens is 538 g/mol. The molecule has 0 saturated carbocycles. The van der Waals surface area contributed by atoms with E-state index in [9.17, 15) is 4.79 Å². The number of nitrogens with one attached hydrogen (secondary N) is 2. The molecule has 3 heterocycles. The Morgan fingerprint density at radius 3 is 2.35 bits per heavy atom. The molecule has 1 saturated heterocycles. The summed E-state index contributed by atoms with van der Waals surface area (Å²) in [6.07, 6.45) is 1.81. The van der Waals surface area contributed by atoms with Gasteiger partial charge in [0.25, 0.3) is 0 Å². The molecule has 8 heteroatoms. The number of hydrogen-bond donors (Lipinski definition) is 2. The fourth-order valence-electron chi connectivity index (χ4n) is 5.55. The van der Waals surface area contributed by atoms with Gasteiger partial charge in [-0.2, -0.15) is 0 Å². The first-order valence-corrected chi connectivity index (χ1v) is 14.2. The number of carbonyl (C=O) groups is 1. The first kappa shape index (κ1) is 27.9. The molecule has 2 aromatic carbocycles. The average Bonchev–Trinajstić information content (AvgIpc) is 3.39. The van der Waals surface area contributed by atoms with Crippen LogP contribution in [-0.2, 0) is 4.79 Å². The smallest absolute Gasteiger partial charge is 0.226 e. The summed E-state index contributed by atoms with van der Waals surface area (Å²) in [6, 6.07) is 20.1. The molecule has 0 unspecified atom stereocenters. The van der Waals surface area contributed by atoms with Crippen molar-refractivity contribution in [2.75, 3.05) is 10.2 Å². The van der Waals surface area contributed by atoms with Crippen LogP contribution in [0.1, 0.15) is 59.7 Å². The molecule has 1 fully saturated rings. The summed E-state index contributed by atoms with van der Waals surface area (Å²) in [5, 5.41) is 7.49. The highest BCUT2D eigenvalue weighted by Gasteiger charge is 2.42. The zero-order valence-corrected chi connectivity index (χ0v) is 25.2. The van der Waals surface area contributed by atoms with Gasteiger partial charge in [-0.25, -0.2) is 0 Å². The van der Waals surface area contributed by atoms with Gasteiger partial charge < -0.3 is 20.1 Å². The van der Waals surface area contributed by atoms with E-state index in [0.29, 0.717) is 15.8 Å². The molecule has 2 atom stereocenters. The van der Waals surface area contributed by atoms with E-state index in [4.69, 9.17) is 28.8 Å². The van der Waals surface area contributed by atoms with Gasteiger partial charge in [0.1, 0.15) is 0 Å². The second kappa shape index (κ2) is 11.1. The monoisotopic (exact) mass is 571 g/mol.